The summed E-state index contributed by atoms with van der Waals surface area (Å²) in [7, 11) is 0. The molecule has 0 unspecified atom stereocenters. The number of carboxylic acids is 1. The lowest BCUT2D eigenvalue weighted by Crippen LogP contribution is -2.37. The summed E-state index contributed by atoms with van der Waals surface area (Å²) in [6, 6.07) is 19.3. The molecule has 1 aromatic heterocycles. The van der Waals surface area contributed by atoms with E-state index in [4.69, 9.17) is 5.11 Å². The Bertz CT molecular complexity index is 1110. The predicted octanol–water partition coefficient (Wildman–Crippen LogP) is 4.86. The largest absolute Gasteiger partial charge is 0.481 e. The van der Waals surface area contributed by atoms with Gasteiger partial charge in [-0.05, 0) is 63.9 Å². The molecule has 7 heteroatoms. The van der Waals surface area contributed by atoms with Crippen LogP contribution in [0, 0.1) is 0 Å². The molecule has 0 bridgehead atoms. The Morgan fingerprint density at radius 2 is 1.61 bits per heavy atom. The summed E-state index contributed by atoms with van der Waals surface area (Å²) >= 11 is 0. The van der Waals surface area contributed by atoms with E-state index in [-0.39, 0.29) is 17.9 Å². The molecule has 1 amide bonds. The molecule has 3 N–H and O–H groups in total. The van der Waals surface area contributed by atoms with Crippen molar-refractivity contribution in [2.24, 2.45) is 0 Å². The van der Waals surface area contributed by atoms with Gasteiger partial charge in [0.2, 0.25) is 0 Å². The van der Waals surface area contributed by atoms with Crippen molar-refractivity contribution in [3.8, 4) is 11.3 Å². The monoisotopic (exact) mass is 448 g/mol. The molecule has 3 rings (SSSR count). The van der Waals surface area contributed by atoms with E-state index in [1.54, 1.807) is 0 Å². The highest BCUT2D eigenvalue weighted by Gasteiger charge is 2.24. The zero-order chi connectivity index (χ0) is 24.2. The number of carbonyl (C=O) groups is 2. The number of nitrogens with one attached hydrogen (secondary N) is 2. The molecule has 0 aliphatic heterocycles. The van der Waals surface area contributed by atoms with Gasteiger partial charge in [-0.1, -0.05) is 42.5 Å². The van der Waals surface area contributed by atoms with Crippen molar-refractivity contribution in [1.82, 2.24) is 15.1 Å². The molecule has 3 aromatic rings. The van der Waals surface area contributed by atoms with Crippen LogP contribution >= 0.6 is 0 Å². The van der Waals surface area contributed by atoms with Gasteiger partial charge in [-0.2, -0.15) is 5.10 Å². The van der Waals surface area contributed by atoms with E-state index >= 15 is 0 Å². The van der Waals surface area contributed by atoms with Crippen LogP contribution in [0.25, 0.3) is 11.3 Å². The first-order chi connectivity index (χ1) is 15.5. The number of hydrogen-bond acceptors (Lipinski definition) is 4. The zero-order valence-electron chi connectivity index (χ0n) is 19.8. The van der Waals surface area contributed by atoms with Crippen molar-refractivity contribution in [2.45, 2.75) is 52.1 Å². The maximum Gasteiger partial charge on any atom is 0.304 e. The highest BCUT2D eigenvalue weighted by Crippen LogP contribution is 2.27. The fourth-order valence-electron chi connectivity index (χ4n) is 3.57. The quantitative estimate of drug-likeness (QED) is 0.457. The lowest BCUT2D eigenvalue weighted by atomic mass is 9.94. The number of hydrogen-bond donors (Lipinski definition) is 3. The summed E-state index contributed by atoms with van der Waals surface area (Å²) in [4.78, 5) is 23.7. The van der Waals surface area contributed by atoms with Gasteiger partial charge in [0.1, 0.15) is 0 Å². The highest BCUT2D eigenvalue weighted by atomic mass is 16.4. The first kappa shape index (κ1) is 24.2. The van der Waals surface area contributed by atoms with Crippen LogP contribution in [0.3, 0.4) is 0 Å². The van der Waals surface area contributed by atoms with Crippen LogP contribution < -0.4 is 10.6 Å². The maximum atomic E-state index is 13.0. The van der Waals surface area contributed by atoms with Crippen LogP contribution in [0.2, 0.25) is 0 Å². The fraction of sp³-hybridized carbons (Fsp3) is 0.346. The summed E-state index contributed by atoms with van der Waals surface area (Å²) in [6.07, 6.45) is 0.0593. The minimum Gasteiger partial charge on any atom is -0.481 e. The Hall–Kier alpha value is -3.45. The standard InChI is InChI=1S/C26H32N4O3/c1-25(2,3)30-22(18-9-7-6-8-10-18)17-21(29-30)24(33)28-20-13-11-19(12-14-20)26(4,5)27-16-15-23(31)32/h6-14,17,27H,15-16H2,1-5H3,(H,28,33)(H,31,32). The lowest BCUT2D eigenvalue weighted by molar-refractivity contribution is -0.136. The number of amides is 1. The summed E-state index contributed by atoms with van der Waals surface area (Å²) < 4.78 is 1.88. The number of carboxylic acid groups (broad SMARTS) is 1. The molecule has 2 aromatic carbocycles. The molecule has 7 nitrogen and oxygen atoms in total. The van der Waals surface area contributed by atoms with Gasteiger partial charge in [-0.15, -0.1) is 0 Å². The normalized spacial score (nSPS) is 11.9. The predicted molar refractivity (Wildman–Crippen MR) is 130 cm³/mol. The van der Waals surface area contributed by atoms with Crippen LogP contribution in [-0.2, 0) is 15.9 Å². The maximum absolute atomic E-state index is 13.0. The molecule has 33 heavy (non-hydrogen) atoms. The lowest BCUT2D eigenvalue weighted by Gasteiger charge is -2.27. The second kappa shape index (κ2) is 9.58. The van der Waals surface area contributed by atoms with Gasteiger partial charge in [-0.25, -0.2) is 0 Å². The van der Waals surface area contributed by atoms with Crippen LogP contribution in [0.4, 0.5) is 5.69 Å². The van der Waals surface area contributed by atoms with Gasteiger partial charge in [0.05, 0.1) is 17.7 Å². The number of anilines is 1. The number of aliphatic carboxylic acids is 1. The number of aromatic nitrogens is 2. The van der Waals surface area contributed by atoms with Gasteiger partial charge >= 0.3 is 5.97 Å². The summed E-state index contributed by atoms with van der Waals surface area (Å²) in [6.45, 7) is 10.5. The summed E-state index contributed by atoms with van der Waals surface area (Å²) in [5.74, 6) is -1.11. The van der Waals surface area contributed by atoms with E-state index in [2.05, 4.69) is 36.5 Å². The van der Waals surface area contributed by atoms with Gasteiger partial charge in [-0.3, -0.25) is 14.3 Å². The smallest absolute Gasteiger partial charge is 0.304 e. The zero-order valence-corrected chi connectivity index (χ0v) is 19.8. The first-order valence-corrected chi connectivity index (χ1v) is 11.0. The van der Waals surface area contributed by atoms with E-state index in [0.29, 0.717) is 17.9 Å². The first-order valence-electron chi connectivity index (χ1n) is 11.0. The molecule has 0 spiro atoms. The van der Waals surface area contributed by atoms with E-state index in [9.17, 15) is 9.59 Å². The average molecular weight is 449 g/mol. The minimum absolute atomic E-state index is 0.0593. The Labute approximate surface area is 194 Å². The summed E-state index contributed by atoms with van der Waals surface area (Å²) in [5, 5.41) is 19.6. The second-order valence-corrected chi connectivity index (χ2v) is 9.59. The average Bonchev–Trinajstić information content (AvgIpc) is 3.21. The molecule has 0 saturated heterocycles. The van der Waals surface area contributed by atoms with Gasteiger partial charge in [0, 0.05) is 17.8 Å². The second-order valence-electron chi connectivity index (χ2n) is 9.59. The highest BCUT2D eigenvalue weighted by molar-refractivity contribution is 6.03. The molecule has 1 heterocycles. The van der Waals surface area contributed by atoms with Gasteiger partial charge < -0.3 is 15.7 Å². The van der Waals surface area contributed by atoms with Crippen LogP contribution in [-0.4, -0.2) is 33.3 Å². The Morgan fingerprint density at radius 1 is 0.970 bits per heavy atom. The molecule has 174 valence electrons. The van der Waals surface area contributed by atoms with E-state index < -0.39 is 11.5 Å². The number of benzene rings is 2. The van der Waals surface area contributed by atoms with Crippen molar-refractivity contribution >= 4 is 17.6 Å². The van der Waals surface area contributed by atoms with Crippen LogP contribution in [0.15, 0.2) is 60.7 Å². The van der Waals surface area contributed by atoms with Crippen molar-refractivity contribution in [3.05, 3.63) is 71.9 Å². The third-order valence-corrected chi connectivity index (χ3v) is 5.42. The molecule has 0 atom stereocenters. The fourth-order valence-corrected chi connectivity index (χ4v) is 3.57. The molecule has 0 radical (unpaired) electrons. The third-order valence-electron chi connectivity index (χ3n) is 5.42. The Balaban J connectivity index is 1.76. The van der Waals surface area contributed by atoms with Crippen LogP contribution in [0.5, 0.6) is 0 Å². The van der Waals surface area contributed by atoms with Crippen molar-refractivity contribution < 1.29 is 14.7 Å². The Kier molecular flexibility index (Phi) is 7.03. The summed E-state index contributed by atoms with van der Waals surface area (Å²) in [5.41, 5.74) is 3.21. The van der Waals surface area contributed by atoms with Crippen LogP contribution in [0.1, 0.15) is 57.1 Å². The molecule has 0 aliphatic rings. The van der Waals surface area contributed by atoms with Gasteiger partial charge in [0.25, 0.3) is 5.91 Å². The van der Waals surface area contributed by atoms with Crippen molar-refractivity contribution in [2.75, 3.05) is 11.9 Å². The molecular formula is C26H32N4O3. The van der Waals surface area contributed by atoms with Crippen molar-refractivity contribution in [3.63, 3.8) is 0 Å². The van der Waals surface area contributed by atoms with E-state index in [0.717, 1.165) is 16.8 Å². The number of nitrogens with zero attached hydrogens (tertiary/aromatic N) is 2. The Morgan fingerprint density at radius 3 is 2.18 bits per heavy atom. The van der Waals surface area contributed by atoms with Gasteiger partial charge in [0.15, 0.2) is 5.69 Å². The topological polar surface area (TPSA) is 96.3 Å². The molecule has 0 fully saturated rings. The number of carbonyl (C=O) groups excluding carboxylic acids is 1. The number of rotatable bonds is 8. The molecular weight excluding hydrogens is 416 g/mol. The van der Waals surface area contributed by atoms with Crippen molar-refractivity contribution in [1.29, 1.82) is 0 Å². The van der Waals surface area contributed by atoms with E-state index in [1.807, 2.05) is 79.2 Å². The SMILES string of the molecule is CC(C)(NCCC(=O)O)c1ccc(NC(=O)c2cc(-c3ccccc3)n(C(C)(C)C)n2)cc1. The molecule has 0 saturated carbocycles. The van der Waals surface area contributed by atoms with E-state index in [1.165, 1.54) is 0 Å². The third kappa shape index (κ3) is 6.08. The molecule has 0 aliphatic carbocycles. The minimum atomic E-state index is -0.833.